The van der Waals surface area contributed by atoms with E-state index in [1.807, 2.05) is 6.92 Å². The van der Waals surface area contributed by atoms with Gasteiger partial charge in [-0.25, -0.2) is 0 Å². The van der Waals surface area contributed by atoms with E-state index >= 15 is 0 Å². The molecule has 0 radical (unpaired) electrons. The van der Waals surface area contributed by atoms with Crippen molar-refractivity contribution in [3.63, 3.8) is 0 Å². The molecule has 0 bridgehead atoms. The van der Waals surface area contributed by atoms with E-state index in [-0.39, 0.29) is 24.3 Å². The fourth-order valence-electron chi connectivity index (χ4n) is 1.72. The van der Waals surface area contributed by atoms with Gasteiger partial charge in [-0.2, -0.15) is 0 Å². The zero-order valence-corrected chi connectivity index (χ0v) is 9.82. The monoisotopic (exact) mass is 228 g/mol. The summed E-state index contributed by atoms with van der Waals surface area (Å²) < 4.78 is 0. The average Bonchev–Trinajstić information content (AvgIpc) is 2.98. The van der Waals surface area contributed by atoms with Gasteiger partial charge in [0.2, 0.25) is 5.91 Å². The predicted octanol–water partition coefficient (Wildman–Crippen LogP) is 0.483. The first-order chi connectivity index (χ1) is 7.37. The quantitative estimate of drug-likeness (QED) is 0.616. The van der Waals surface area contributed by atoms with Crippen LogP contribution in [0, 0.1) is 5.92 Å². The number of rotatable bonds is 6. The molecule has 0 aromatic heterocycles. The molecule has 16 heavy (non-hydrogen) atoms. The van der Waals surface area contributed by atoms with Crippen LogP contribution in [0.2, 0.25) is 0 Å². The number of nitrogens with one attached hydrogen (secondary N) is 1. The number of carbonyl (C=O) groups excluding carboxylic acids is 1. The lowest BCUT2D eigenvalue weighted by atomic mass is 9.95. The summed E-state index contributed by atoms with van der Waals surface area (Å²) in [4.78, 5) is 22.4. The highest BCUT2D eigenvalue weighted by Crippen LogP contribution is 2.38. The van der Waals surface area contributed by atoms with Crippen molar-refractivity contribution in [3.8, 4) is 0 Å². The number of carboxylic acid groups (broad SMARTS) is 1. The van der Waals surface area contributed by atoms with Gasteiger partial charge in [-0.3, -0.25) is 9.59 Å². The molecule has 1 aliphatic rings. The van der Waals surface area contributed by atoms with Crippen molar-refractivity contribution in [2.75, 3.05) is 0 Å². The average molecular weight is 228 g/mol. The molecule has 2 unspecified atom stereocenters. The van der Waals surface area contributed by atoms with Gasteiger partial charge in [0.05, 0.1) is 12.0 Å². The van der Waals surface area contributed by atoms with E-state index in [2.05, 4.69) is 5.32 Å². The summed E-state index contributed by atoms with van der Waals surface area (Å²) in [5.74, 6) is -0.893. The zero-order chi connectivity index (χ0) is 12.3. The molecule has 1 aliphatic carbocycles. The Morgan fingerprint density at radius 1 is 1.56 bits per heavy atom. The van der Waals surface area contributed by atoms with Gasteiger partial charge in [0.1, 0.15) is 0 Å². The molecule has 0 spiro atoms. The third kappa shape index (κ3) is 3.20. The molecule has 1 saturated carbocycles. The number of hydrogen-bond donors (Lipinski definition) is 3. The van der Waals surface area contributed by atoms with Gasteiger partial charge in [-0.1, -0.05) is 6.92 Å². The Balaban J connectivity index is 2.50. The lowest BCUT2D eigenvalue weighted by molar-refractivity contribution is -0.138. The first kappa shape index (κ1) is 13.0. The largest absolute Gasteiger partial charge is 0.481 e. The van der Waals surface area contributed by atoms with E-state index in [0.29, 0.717) is 6.42 Å². The van der Waals surface area contributed by atoms with Crippen molar-refractivity contribution in [1.82, 2.24) is 5.32 Å². The summed E-state index contributed by atoms with van der Waals surface area (Å²) >= 11 is 0. The highest BCUT2D eigenvalue weighted by Gasteiger charge is 2.44. The third-order valence-corrected chi connectivity index (χ3v) is 3.16. The van der Waals surface area contributed by atoms with Crippen LogP contribution >= 0.6 is 0 Å². The minimum atomic E-state index is -0.905. The maximum absolute atomic E-state index is 11.9. The van der Waals surface area contributed by atoms with Gasteiger partial charge in [0.25, 0.3) is 0 Å². The predicted molar refractivity (Wildman–Crippen MR) is 59.8 cm³/mol. The smallest absolute Gasteiger partial charge is 0.305 e. The standard InChI is InChI=1S/C11H20N2O3/c1-3-8(6-9(14)15)13-10(16)11(2,12)7-4-5-7/h7-8H,3-6,12H2,1-2H3,(H,13,16)(H,14,15). The zero-order valence-electron chi connectivity index (χ0n) is 9.82. The molecule has 0 aromatic carbocycles. The van der Waals surface area contributed by atoms with Crippen LogP contribution in [0.4, 0.5) is 0 Å². The Morgan fingerprint density at radius 3 is 2.50 bits per heavy atom. The lowest BCUT2D eigenvalue weighted by Gasteiger charge is -2.26. The molecule has 1 amide bonds. The number of amides is 1. The Kier molecular flexibility index (Phi) is 3.91. The van der Waals surface area contributed by atoms with Crippen LogP contribution < -0.4 is 11.1 Å². The fourth-order valence-corrected chi connectivity index (χ4v) is 1.72. The van der Waals surface area contributed by atoms with E-state index < -0.39 is 11.5 Å². The molecule has 4 N–H and O–H groups in total. The van der Waals surface area contributed by atoms with Gasteiger partial charge >= 0.3 is 5.97 Å². The van der Waals surface area contributed by atoms with Crippen LogP contribution in [-0.4, -0.2) is 28.6 Å². The van der Waals surface area contributed by atoms with Gasteiger partial charge in [-0.05, 0) is 32.1 Å². The summed E-state index contributed by atoms with van der Waals surface area (Å²) in [5.41, 5.74) is 5.08. The summed E-state index contributed by atoms with van der Waals surface area (Å²) in [7, 11) is 0. The molecule has 1 fully saturated rings. The molecule has 1 rings (SSSR count). The number of carbonyl (C=O) groups is 2. The van der Waals surface area contributed by atoms with Crippen molar-refractivity contribution in [2.45, 2.75) is 51.1 Å². The SMILES string of the molecule is CCC(CC(=O)O)NC(=O)C(C)(N)C1CC1. The third-order valence-electron chi connectivity index (χ3n) is 3.16. The Morgan fingerprint density at radius 2 is 2.12 bits per heavy atom. The van der Waals surface area contributed by atoms with E-state index in [1.165, 1.54) is 0 Å². The number of hydrogen-bond acceptors (Lipinski definition) is 3. The molecule has 2 atom stereocenters. The highest BCUT2D eigenvalue weighted by molar-refractivity contribution is 5.87. The molecule has 5 nitrogen and oxygen atoms in total. The molecule has 0 saturated heterocycles. The molecular weight excluding hydrogens is 208 g/mol. The second-order valence-electron chi connectivity index (χ2n) is 4.73. The van der Waals surface area contributed by atoms with E-state index in [1.54, 1.807) is 6.92 Å². The van der Waals surface area contributed by atoms with E-state index in [0.717, 1.165) is 12.8 Å². The Hall–Kier alpha value is -1.10. The first-order valence-corrected chi connectivity index (χ1v) is 5.69. The second-order valence-corrected chi connectivity index (χ2v) is 4.73. The molecule has 0 heterocycles. The van der Waals surface area contributed by atoms with Crippen molar-refractivity contribution in [3.05, 3.63) is 0 Å². The van der Waals surface area contributed by atoms with Crippen LogP contribution in [0.5, 0.6) is 0 Å². The van der Waals surface area contributed by atoms with Crippen LogP contribution in [0.25, 0.3) is 0 Å². The summed E-state index contributed by atoms with van der Waals surface area (Å²) in [6.07, 6.45) is 2.51. The van der Waals surface area contributed by atoms with Crippen molar-refractivity contribution in [2.24, 2.45) is 11.7 Å². The van der Waals surface area contributed by atoms with Crippen LogP contribution in [0.1, 0.15) is 39.5 Å². The fraction of sp³-hybridized carbons (Fsp3) is 0.818. The van der Waals surface area contributed by atoms with Crippen molar-refractivity contribution in [1.29, 1.82) is 0 Å². The Bertz CT molecular complexity index is 285. The summed E-state index contributed by atoms with van der Waals surface area (Å²) in [6.45, 7) is 3.56. The van der Waals surface area contributed by atoms with Crippen LogP contribution in [0.3, 0.4) is 0 Å². The van der Waals surface area contributed by atoms with Gasteiger partial charge < -0.3 is 16.2 Å². The number of carboxylic acids is 1. The molecule has 5 heteroatoms. The summed E-state index contributed by atoms with van der Waals surface area (Å²) in [6, 6.07) is -0.327. The Labute approximate surface area is 95.4 Å². The maximum Gasteiger partial charge on any atom is 0.305 e. The van der Waals surface area contributed by atoms with Crippen molar-refractivity contribution >= 4 is 11.9 Å². The highest BCUT2D eigenvalue weighted by atomic mass is 16.4. The van der Waals surface area contributed by atoms with E-state index in [9.17, 15) is 9.59 Å². The van der Waals surface area contributed by atoms with Crippen LogP contribution in [-0.2, 0) is 9.59 Å². The summed E-state index contributed by atoms with van der Waals surface area (Å²) in [5, 5.41) is 11.4. The van der Waals surface area contributed by atoms with E-state index in [4.69, 9.17) is 10.8 Å². The first-order valence-electron chi connectivity index (χ1n) is 5.69. The minimum Gasteiger partial charge on any atom is -0.481 e. The molecule has 92 valence electrons. The van der Waals surface area contributed by atoms with Crippen molar-refractivity contribution < 1.29 is 14.7 Å². The lowest BCUT2D eigenvalue weighted by Crippen LogP contribution is -2.55. The maximum atomic E-state index is 11.9. The van der Waals surface area contributed by atoms with Crippen LogP contribution in [0.15, 0.2) is 0 Å². The van der Waals surface area contributed by atoms with Gasteiger partial charge in [0.15, 0.2) is 0 Å². The number of nitrogens with two attached hydrogens (primary N) is 1. The van der Waals surface area contributed by atoms with Gasteiger partial charge in [0, 0.05) is 6.04 Å². The molecule has 0 aromatic rings. The van der Waals surface area contributed by atoms with Gasteiger partial charge in [-0.15, -0.1) is 0 Å². The number of aliphatic carboxylic acids is 1. The molecular formula is C11H20N2O3. The molecule has 0 aliphatic heterocycles. The second kappa shape index (κ2) is 4.82. The topological polar surface area (TPSA) is 92.4 Å². The normalized spacial score (nSPS) is 20.9. The minimum absolute atomic E-state index is 0.0526.